The zero-order chi connectivity index (χ0) is 17.8. The average molecular weight is 381 g/mol. The van der Waals surface area contributed by atoms with Gasteiger partial charge < -0.3 is 5.32 Å². The molecular weight excluding hydrogens is 362 g/mol. The number of hydrogen-bond acceptors (Lipinski definition) is 6. The normalized spacial score (nSPS) is 25.4. The molecule has 1 amide bonds. The van der Waals surface area contributed by atoms with Crippen molar-refractivity contribution in [3.8, 4) is 0 Å². The summed E-state index contributed by atoms with van der Waals surface area (Å²) in [6.07, 6.45) is 2.33. The molecule has 1 fully saturated rings. The number of nitrogens with one attached hydrogen (secondary N) is 2. The highest BCUT2D eigenvalue weighted by Gasteiger charge is 2.34. The smallest absolute Gasteiger partial charge is 0.235 e. The molecule has 0 unspecified atom stereocenters. The summed E-state index contributed by atoms with van der Waals surface area (Å²) >= 11 is 1.53. The lowest BCUT2D eigenvalue weighted by atomic mass is 10.0. The number of rotatable bonds is 2. The molecule has 0 saturated carbocycles. The van der Waals surface area contributed by atoms with E-state index in [2.05, 4.69) is 20.6 Å². The van der Waals surface area contributed by atoms with Gasteiger partial charge in [0.15, 0.2) is 9.84 Å². The molecule has 2 aromatic heterocycles. The van der Waals surface area contributed by atoms with E-state index in [1.807, 2.05) is 18.5 Å². The lowest BCUT2D eigenvalue weighted by Gasteiger charge is -2.16. The first-order valence-electron chi connectivity index (χ1n) is 8.06. The summed E-state index contributed by atoms with van der Waals surface area (Å²) in [7, 11) is -2.98. The van der Waals surface area contributed by atoms with Gasteiger partial charge >= 0.3 is 0 Å². The van der Waals surface area contributed by atoms with Crippen molar-refractivity contribution in [2.75, 3.05) is 22.6 Å². The summed E-state index contributed by atoms with van der Waals surface area (Å²) in [5.41, 5.74) is 3.77. The molecule has 25 heavy (non-hydrogen) atoms. The number of amides is 1. The third-order valence-electron chi connectivity index (χ3n) is 4.79. The van der Waals surface area contributed by atoms with Crippen LogP contribution in [-0.2, 0) is 14.6 Å². The number of sulfone groups is 1. The molecule has 0 bridgehead atoms. The number of anilines is 1. The summed E-state index contributed by atoms with van der Waals surface area (Å²) in [6, 6.07) is -0.114. The van der Waals surface area contributed by atoms with Gasteiger partial charge in [0.1, 0.15) is 5.82 Å². The number of nitrogens with zero attached hydrogens (tertiary/aromatic N) is 3. The molecule has 4 rings (SSSR count). The maximum Gasteiger partial charge on any atom is 0.235 e. The van der Waals surface area contributed by atoms with Gasteiger partial charge in [-0.3, -0.25) is 14.6 Å². The predicted molar refractivity (Wildman–Crippen MR) is 95.5 cm³/mol. The quantitative estimate of drug-likeness (QED) is 0.813. The highest BCUT2D eigenvalue weighted by molar-refractivity contribution is 8.00. The van der Waals surface area contributed by atoms with Gasteiger partial charge in [-0.2, -0.15) is 10.2 Å². The lowest BCUT2D eigenvalue weighted by molar-refractivity contribution is -0.113. The van der Waals surface area contributed by atoms with Gasteiger partial charge in [-0.05, 0) is 20.3 Å². The largest absolute Gasteiger partial charge is 0.310 e. The minimum Gasteiger partial charge on any atom is -0.310 e. The standard InChI is InChI=1S/C15H19N5O3S2/c1-8-13(9(2)20(19-8)10-3-4-25(22,23)7-10)14-11-5-16-18-15(11)17-12(21)6-24-14/h5,10,14H,3-4,6-7H2,1-2H3,(H2,16,17,18,21)/t10-,14-/m1/s1. The van der Waals surface area contributed by atoms with Crippen LogP contribution in [0.2, 0.25) is 0 Å². The van der Waals surface area contributed by atoms with E-state index < -0.39 is 9.84 Å². The van der Waals surface area contributed by atoms with Crippen LogP contribution in [0.1, 0.15) is 40.2 Å². The van der Waals surface area contributed by atoms with E-state index in [4.69, 9.17) is 0 Å². The van der Waals surface area contributed by atoms with Crippen molar-refractivity contribution in [3.05, 3.63) is 28.7 Å². The molecule has 2 aromatic rings. The first-order valence-corrected chi connectivity index (χ1v) is 10.9. The van der Waals surface area contributed by atoms with Crippen molar-refractivity contribution in [2.24, 2.45) is 0 Å². The van der Waals surface area contributed by atoms with Gasteiger partial charge in [0, 0.05) is 16.8 Å². The Bertz CT molecular complexity index is 947. The SMILES string of the molecule is Cc1nn([C@@H]2CCS(=O)(=O)C2)c(C)c1[C@@H]1SCC(=O)Nc2[nH]ncc21. The van der Waals surface area contributed by atoms with Crippen LogP contribution < -0.4 is 5.32 Å². The van der Waals surface area contributed by atoms with E-state index in [0.29, 0.717) is 18.0 Å². The van der Waals surface area contributed by atoms with E-state index in [1.54, 1.807) is 6.20 Å². The Balaban J connectivity index is 1.76. The van der Waals surface area contributed by atoms with Crippen LogP contribution in [0.15, 0.2) is 6.20 Å². The van der Waals surface area contributed by atoms with Crippen molar-refractivity contribution in [1.29, 1.82) is 0 Å². The number of aromatic amines is 1. The molecule has 2 N–H and O–H groups in total. The summed E-state index contributed by atoms with van der Waals surface area (Å²) < 4.78 is 25.5. The van der Waals surface area contributed by atoms with Crippen molar-refractivity contribution in [1.82, 2.24) is 20.0 Å². The number of hydrogen-bond donors (Lipinski definition) is 2. The van der Waals surface area contributed by atoms with Crippen LogP contribution in [0.5, 0.6) is 0 Å². The molecule has 2 atom stereocenters. The average Bonchev–Trinajstić information content (AvgIpc) is 3.18. The van der Waals surface area contributed by atoms with E-state index in [-0.39, 0.29) is 28.7 Å². The summed E-state index contributed by atoms with van der Waals surface area (Å²) in [6.45, 7) is 3.91. The number of fused-ring (bicyclic) bond motifs is 1. The number of thioether (sulfide) groups is 1. The van der Waals surface area contributed by atoms with Crippen LogP contribution in [0.25, 0.3) is 0 Å². The number of H-pyrrole nitrogens is 1. The Hall–Kier alpha value is -1.81. The Kier molecular flexibility index (Phi) is 3.91. The minimum atomic E-state index is -2.98. The van der Waals surface area contributed by atoms with E-state index in [0.717, 1.165) is 22.5 Å². The van der Waals surface area contributed by atoms with Crippen molar-refractivity contribution < 1.29 is 13.2 Å². The fourth-order valence-electron chi connectivity index (χ4n) is 3.64. The van der Waals surface area contributed by atoms with Gasteiger partial charge in [0.05, 0.1) is 40.4 Å². The molecule has 10 heteroatoms. The van der Waals surface area contributed by atoms with E-state index in [9.17, 15) is 13.2 Å². The Labute approximate surface area is 149 Å². The molecule has 2 aliphatic heterocycles. The molecule has 0 aliphatic carbocycles. The second-order valence-electron chi connectivity index (χ2n) is 6.53. The van der Waals surface area contributed by atoms with Gasteiger partial charge in [0.2, 0.25) is 5.91 Å². The molecule has 4 heterocycles. The maximum absolute atomic E-state index is 11.9. The number of aryl methyl sites for hydroxylation is 1. The van der Waals surface area contributed by atoms with Crippen molar-refractivity contribution >= 4 is 33.3 Å². The van der Waals surface area contributed by atoms with Crippen LogP contribution in [0, 0.1) is 13.8 Å². The molecule has 0 radical (unpaired) electrons. The Morgan fingerprint density at radius 1 is 1.36 bits per heavy atom. The molecule has 1 saturated heterocycles. The molecule has 8 nitrogen and oxygen atoms in total. The molecule has 0 spiro atoms. The summed E-state index contributed by atoms with van der Waals surface area (Å²) in [5.74, 6) is 1.25. The Morgan fingerprint density at radius 3 is 2.88 bits per heavy atom. The van der Waals surface area contributed by atoms with Gasteiger partial charge in [-0.15, -0.1) is 11.8 Å². The van der Waals surface area contributed by atoms with Crippen LogP contribution in [0.3, 0.4) is 0 Å². The fraction of sp³-hybridized carbons (Fsp3) is 0.533. The second kappa shape index (κ2) is 5.87. The number of aromatic nitrogens is 4. The zero-order valence-electron chi connectivity index (χ0n) is 13.9. The highest BCUT2D eigenvalue weighted by Crippen LogP contribution is 2.43. The van der Waals surface area contributed by atoms with Crippen molar-refractivity contribution in [3.63, 3.8) is 0 Å². The number of carbonyl (C=O) groups excluding carboxylic acids is 1. The lowest BCUT2D eigenvalue weighted by Crippen LogP contribution is -2.14. The van der Waals surface area contributed by atoms with Crippen LogP contribution in [0.4, 0.5) is 5.82 Å². The molecule has 2 aliphatic rings. The van der Waals surface area contributed by atoms with Gasteiger partial charge in [-0.1, -0.05) is 0 Å². The summed E-state index contributed by atoms with van der Waals surface area (Å²) in [4.78, 5) is 11.9. The molecular formula is C15H19N5O3S2. The van der Waals surface area contributed by atoms with Crippen molar-refractivity contribution in [2.45, 2.75) is 31.6 Å². The first-order chi connectivity index (χ1) is 11.9. The third kappa shape index (κ3) is 2.86. The fourth-order valence-corrected chi connectivity index (χ4v) is 6.58. The van der Waals surface area contributed by atoms with Crippen LogP contribution >= 0.6 is 11.8 Å². The predicted octanol–water partition coefficient (Wildman–Crippen LogP) is 1.36. The highest BCUT2D eigenvalue weighted by atomic mass is 32.2. The van der Waals surface area contributed by atoms with E-state index in [1.165, 1.54) is 11.8 Å². The maximum atomic E-state index is 11.9. The number of carbonyl (C=O) groups is 1. The van der Waals surface area contributed by atoms with Gasteiger partial charge in [-0.25, -0.2) is 8.42 Å². The van der Waals surface area contributed by atoms with E-state index >= 15 is 0 Å². The Morgan fingerprint density at radius 2 is 2.16 bits per heavy atom. The topological polar surface area (TPSA) is 110 Å². The minimum absolute atomic E-state index is 0.0671. The molecule has 0 aromatic carbocycles. The third-order valence-corrected chi connectivity index (χ3v) is 7.80. The second-order valence-corrected chi connectivity index (χ2v) is 9.85. The van der Waals surface area contributed by atoms with Gasteiger partial charge in [0.25, 0.3) is 0 Å². The molecule has 134 valence electrons. The summed E-state index contributed by atoms with van der Waals surface area (Å²) in [5, 5.41) is 14.3. The first kappa shape index (κ1) is 16.6. The zero-order valence-corrected chi connectivity index (χ0v) is 15.6. The van der Waals surface area contributed by atoms with Crippen LogP contribution in [-0.4, -0.2) is 51.6 Å². The monoisotopic (exact) mass is 381 g/mol.